The van der Waals surface area contributed by atoms with Crippen molar-refractivity contribution in [3.63, 3.8) is 0 Å². The van der Waals surface area contributed by atoms with E-state index in [2.05, 4.69) is 37.9 Å². The molecule has 0 aromatic carbocycles. The highest BCUT2D eigenvalue weighted by molar-refractivity contribution is 14.1. The highest BCUT2D eigenvalue weighted by Gasteiger charge is 2.23. The van der Waals surface area contributed by atoms with Crippen molar-refractivity contribution in [3.05, 3.63) is 16.0 Å². The molecule has 0 radical (unpaired) electrons. The molecule has 1 N–H and O–H groups in total. The van der Waals surface area contributed by atoms with Crippen molar-refractivity contribution in [2.45, 2.75) is 37.1 Å². The van der Waals surface area contributed by atoms with Crippen molar-refractivity contribution in [1.29, 1.82) is 0 Å². The second-order valence-corrected chi connectivity index (χ2v) is 5.58. The quantitative estimate of drug-likeness (QED) is 0.666. The molecule has 1 heterocycles. The van der Waals surface area contributed by atoms with E-state index >= 15 is 0 Å². The first kappa shape index (κ1) is 11.4. The Morgan fingerprint density at radius 2 is 1.93 bits per heavy atom. The minimum atomic E-state index is 0.210. The van der Waals surface area contributed by atoms with E-state index in [1.54, 1.807) is 0 Å². The van der Waals surface area contributed by atoms with Gasteiger partial charge in [-0.1, -0.05) is 12.8 Å². The van der Waals surface area contributed by atoms with Crippen LogP contribution in [0.2, 0.25) is 0 Å². The summed E-state index contributed by atoms with van der Waals surface area (Å²) >= 11 is 8.44. The van der Waals surface area contributed by atoms with Gasteiger partial charge in [0.05, 0.1) is 5.38 Å². The summed E-state index contributed by atoms with van der Waals surface area (Å²) in [7, 11) is 0. The van der Waals surface area contributed by atoms with Gasteiger partial charge in [0, 0.05) is 22.0 Å². The molecular formula is C10H13ClIN3. The van der Waals surface area contributed by atoms with Crippen molar-refractivity contribution >= 4 is 40.1 Å². The Morgan fingerprint density at radius 3 is 2.60 bits per heavy atom. The Bertz CT molecular complexity index is 317. The molecule has 1 aliphatic rings. The second kappa shape index (κ2) is 5.30. The molecule has 2 rings (SSSR count). The van der Waals surface area contributed by atoms with Gasteiger partial charge in [-0.25, -0.2) is 9.97 Å². The third-order valence-electron chi connectivity index (χ3n) is 2.62. The van der Waals surface area contributed by atoms with Crippen molar-refractivity contribution in [2.75, 3.05) is 5.32 Å². The summed E-state index contributed by atoms with van der Waals surface area (Å²) in [6.45, 7) is 0. The maximum Gasteiger partial charge on any atom is 0.222 e. The molecule has 15 heavy (non-hydrogen) atoms. The SMILES string of the molecule is ClC1CCCCC1Nc1ncc(I)cn1. The van der Waals surface area contributed by atoms with Gasteiger partial charge >= 0.3 is 0 Å². The molecular weight excluding hydrogens is 324 g/mol. The number of hydrogen-bond donors (Lipinski definition) is 1. The smallest absolute Gasteiger partial charge is 0.222 e. The van der Waals surface area contributed by atoms with Crippen LogP contribution in [-0.4, -0.2) is 21.4 Å². The van der Waals surface area contributed by atoms with Crippen molar-refractivity contribution in [1.82, 2.24) is 9.97 Å². The maximum atomic E-state index is 6.24. The molecule has 0 amide bonds. The van der Waals surface area contributed by atoms with Crippen molar-refractivity contribution in [2.24, 2.45) is 0 Å². The predicted molar refractivity (Wildman–Crippen MR) is 70.3 cm³/mol. The fourth-order valence-electron chi connectivity index (χ4n) is 1.80. The lowest BCUT2D eigenvalue weighted by Crippen LogP contribution is -2.33. The Morgan fingerprint density at radius 1 is 1.27 bits per heavy atom. The zero-order valence-corrected chi connectivity index (χ0v) is 11.2. The first-order valence-electron chi connectivity index (χ1n) is 5.14. The largest absolute Gasteiger partial charge is 0.350 e. The van der Waals surface area contributed by atoms with Crippen LogP contribution in [0.15, 0.2) is 12.4 Å². The topological polar surface area (TPSA) is 37.8 Å². The number of alkyl halides is 1. The van der Waals surface area contributed by atoms with Gasteiger partial charge in [0.2, 0.25) is 5.95 Å². The van der Waals surface area contributed by atoms with Crippen LogP contribution in [-0.2, 0) is 0 Å². The fraction of sp³-hybridized carbons (Fsp3) is 0.600. The Hall–Kier alpha value is -0.100. The Kier molecular flexibility index (Phi) is 4.02. The maximum absolute atomic E-state index is 6.24. The molecule has 1 aliphatic carbocycles. The number of aromatic nitrogens is 2. The van der Waals surface area contributed by atoms with Crippen LogP contribution in [0.4, 0.5) is 5.95 Å². The Balaban J connectivity index is 1.98. The average Bonchev–Trinajstić information content (AvgIpc) is 2.25. The number of rotatable bonds is 2. The van der Waals surface area contributed by atoms with Gasteiger partial charge in [0.1, 0.15) is 0 Å². The molecule has 0 aliphatic heterocycles. The van der Waals surface area contributed by atoms with Gasteiger partial charge < -0.3 is 5.32 Å². The van der Waals surface area contributed by atoms with Crippen LogP contribution in [0, 0.1) is 3.57 Å². The zero-order valence-electron chi connectivity index (χ0n) is 8.29. The van der Waals surface area contributed by atoms with E-state index in [9.17, 15) is 0 Å². The van der Waals surface area contributed by atoms with Gasteiger partial charge in [0.25, 0.3) is 0 Å². The van der Waals surface area contributed by atoms with E-state index in [1.807, 2.05) is 12.4 Å². The molecule has 1 fully saturated rings. The van der Waals surface area contributed by atoms with Gasteiger partial charge in [-0.05, 0) is 35.4 Å². The highest BCUT2D eigenvalue weighted by Crippen LogP contribution is 2.24. The summed E-state index contributed by atoms with van der Waals surface area (Å²) in [6.07, 6.45) is 8.29. The normalized spacial score (nSPS) is 26.3. The van der Waals surface area contributed by atoms with Crippen LogP contribution in [0.1, 0.15) is 25.7 Å². The first-order valence-corrected chi connectivity index (χ1v) is 6.65. The van der Waals surface area contributed by atoms with Crippen LogP contribution in [0.3, 0.4) is 0 Å². The zero-order chi connectivity index (χ0) is 10.7. The third kappa shape index (κ3) is 3.17. The van der Waals surface area contributed by atoms with Crippen molar-refractivity contribution in [3.8, 4) is 0 Å². The first-order chi connectivity index (χ1) is 7.25. The number of hydrogen-bond acceptors (Lipinski definition) is 3. The van der Waals surface area contributed by atoms with E-state index in [0.717, 1.165) is 16.4 Å². The summed E-state index contributed by atoms with van der Waals surface area (Å²) in [6, 6.07) is 0.320. The van der Waals surface area contributed by atoms with E-state index in [-0.39, 0.29) is 5.38 Å². The molecule has 3 nitrogen and oxygen atoms in total. The van der Waals surface area contributed by atoms with Crippen LogP contribution < -0.4 is 5.32 Å². The van der Waals surface area contributed by atoms with Gasteiger partial charge in [-0.3, -0.25) is 0 Å². The molecule has 2 unspecified atom stereocenters. The van der Waals surface area contributed by atoms with E-state index in [0.29, 0.717) is 12.0 Å². The van der Waals surface area contributed by atoms with Crippen LogP contribution in [0.25, 0.3) is 0 Å². The molecule has 1 aromatic rings. The summed E-state index contributed by atoms with van der Waals surface area (Å²) < 4.78 is 1.05. The number of halogens is 2. The van der Waals surface area contributed by atoms with Crippen LogP contribution >= 0.6 is 34.2 Å². The average molecular weight is 338 g/mol. The van der Waals surface area contributed by atoms with Gasteiger partial charge in [-0.15, -0.1) is 11.6 Å². The highest BCUT2D eigenvalue weighted by atomic mass is 127. The number of nitrogens with one attached hydrogen (secondary N) is 1. The lowest BCUT2D eigenvalue weighted by molar-refractivity contribution is 0.467. The van der Waals surface area contributed by atoms with Gasteiger partial charge in [-0.2, -0.15) is 0 Å². The fourth-order valence-corrected chi connectivity index (χ4v) is 2.42. The van der Waals surface area contributed by atoms with Crippen molar-refractivity contribution < 1.29 is 0 Å². The molecule has 2 atom stereocenters. The molecule has 1 saturated carbocycles. The minimum absolute atomic E-state index is 0.210. The lowest BCUT2D eigenvalue weighted by Gasteiger charge is -2.27. The summed E-state index contributed by atoms with van der Waals surface area (Å²) in [4.78, 5) is 8.44. The second-order valence-electron chi connectivity index (χ2n) is 3.78. The molecule has 0 bridgehead atoms. The van der Waals surface area contributed by atoms with E-state index in [4.69, 9.17) is 11.6 Å². The lowest BCUT2D eigenvalue weighted by atomic mass is 9.95. The standard InChI is InChI=1S/C10H13ClIN3/c11-8-3-1-2-4-9(8)15-10-13-5-7(12)6-14-10/h5-6,8-9H,1-4H2,(H,13,14,15). The Labute approximate surface area is 108 Å². The monoisotopic (exact) mass is 337 g/mol. The summed E-state index contributed by atoms with van der Waals surface area (Å²) in [5.41, 5.74) is 0. The minimum Gasteiger partial charge on any atom is -0.350 e. The third-order valence-corrected chi connectivity index (χ3v) is 3.70. The number of nitrogens with zero attached hydrogens (tertiary/aromatic N) is 2. The molecule has 5 heteroatoms. The van der Waals surface area contributed by atoms with E-state index in [1.165, 1.54) is 12.8 Å². The number of anilines is 1. The molecule has 0 spiro atoms. The molecule has 0 saturated heterocycles. The van der Waals surface area contributed by atoms with Crippen LogP contribution in [0.5, 0.6) is 0 Å². The predicted octanol–water partition coefficient (Wildman–Crippen LogP) is 3.04. The molecule has 82 valence electrons. The van der Waals surface area contributed by atoms with E-state index < -0.39 is 0 Å². The summed E-state index contributed by atoms with van der Waals surface area (Å²) in [5.74, 6) is 0.688. The molecule has 1 aromatic heterocycles. The van der Waals surface area contributed by atoms with Gasteiger partial charge in [0.15, 0.2) is 0 Å². The summed E-state index contributed by atoms with van der Waals surface area (Å²) in [5, 5.41) is 3.51.